The second-order valence-electron chi connectivity index (χ2n) is 18.1. The molecule has 6 aromatic rings. The van der Waals surface area contributed by atoms with Crippen molar-refractivity contribution >= 4 is 41.4 Å². The molecule has 73 heavy (non-hydrogen) atoms. The molecule has 370 valence electrons. The Morgan fingerprint density at radius 1 is 0.726 bits per heavy atom. The number of rotatable bonds is 12. The Kier molecular flexibility index (Phi) is 14.2. The van der Waals surface area contributed by atoms with Crippen LogP contribution in [-0.2, 0) is 43.6 Å². The summed E-state index contributed by atoms with van der Waals surface area (Å²) in [6, 6.07) is 41.9. The summed E-state index contributed by atoms with van der Waals surface area (Å²) in [6.07, 6.45) is -2.51. The number of methoxy groups -OCH3 is 2. The van der Waals surface area contributed by atoms with Crippen LogP contribution in [0, 0.1) is 23.7 Å². The van der Waals surface area contributed by atoms with Gasteiger partial charge in [-0.15, -0.1) is 0 Å². The molecule has 4 amide bonds. The average Bonchev–Trinajstić information content (AvgIpc) is 3.88. The normalized spacial score (nSPS) is 21.7. The lowest BCUT2D eigenvalue weighted by atomic mass is 9.65. The van der Waals surface area contributed by atoms with E-state index in [1.54, 1.807) is 61.5 Å². The fraction of sp³-hybridized carbons (Fsp3) is 0.241. The van der Waals surface area contributed by atoms with Crippen LogP contribution >= 0.6 is 0 Å². The first-order valence-electron chi connectivity index (χ1n) is 23.8. The fourth-order valence-corrected chi connectivity index (χ4v) is 10.6. The Bertz CT molecular complexity index is 3080. The summed E-state index contributed by atoms with van der Waals surface area (Å²) in [7, 11) is 2.28. The molecule has 0 saturated carbocycles. The summed E-state index contributed by atoms with van der Waals surface area (Å²) in [5.74, 6) is -1.46. The van der Waals surface area contributed by atoms with E-state index in [0.717, 1.165) is 24.7 Å². The number of carbonyl (C=O) groups excluding carboxylic acids is 6. The molecule has 0 unspecified atom stereocenters. The summed E-state index contributed by atoms with van der Waals surface area (Å²) in [6.45, 7) is 1.44. The van der Waals surface area contributed by atoms with Crippen LogP contribution in [0.1, 0.15) is 82.6 Å². The number of phenolic OH excluding ortho intramolecular Hbond substituents is 1. The summed E-state index contributed by atoms with van der Waals surface area (Å²) >= 11 is 0. The number of esters is 3. The smallest absolute Gasteiger partial charge is 0.329 e. The van der Waals surface area contributed by atoms with Crippen molar-refractivity contribution in [3.8, 4) is 17.6 Å². The van der Waals surface area contributed by atoms with Crippen molar-refractivity contribution in [2.45, 2.75) is 55.1 Å². The maximum absolute atomic E-state index is 16.6. The molecule has 0 aliphatic carbocycles. The Morgan fingerprint density at radius 2 is 1.30 bits per heavy atom. The molecule has 0 bridgehead atoms. The number of imide groups is 1. The number of phenols is 1. The highest BCUT2D eigenvalue weighted by Crippen LogP contribution is 2.66. The quantitative estimate of drug-likeness (QED) is 0.0421. The number of fused-ring (bicyclic) bond motifs is 3. The zero-order valence-corrected chi connectivity index (χ0v) is 40.1. The molecule has 9 rings (SSSR count). The van der Waals surface area contributed by atoms with E-state index >= 15 is 19.2 Å². The number of ether oxygens (including phenoxy) is 3. The Morgan fingerprint density at radius 3 is 1.90 bits per heavy atom. The lowest BCUT2D eigenvalue weighted by Gasteiger charge is -2.46. The Labute approximate surface area is 421 Å². The number of aliphatic hydroxyl groups excluding tert-OH is 1. The third kappa shape index (κ3) is 9.18. The third-order valence-electron chi connectivity index (χ3n) is 14.0. The minimum absolute atomic E-state index is 0.0882. The molecule has 0 radical (unpaired) electrons. The van der Waals surface area contributed by atoms with Gasteiger partial charge in [0.15, 0.2) is 5.92 Å². The average molecular weight is 981 g/mol. The van der Waals surface area contributed by atoms with Gasteiger partial charge in [0, 0.05) is 18.5 Å². The number of hydrogen-bond acceptors (Lipinski definition) is 12. The van der Waals surface area contributed by atoms with Gasteiger partial charge in [0.05, 0.1) is 50.1 Å². The highest BCUT2D eigenvalue weighted by atomic mass is 16.6. The van der Waals surface area contributed by atoms with E-state index < -0.39 is 89.4 Å². The number of urea groups is 1. The molecule has 3 heterocycles. The predicted octanol–water partition coefficient (Wildman–Crippen LogP) is 7.08. The van der Waals surface area contributed by atoms with E-state index in [0.29, 0.717) is 22.3 Å². The van der Waals surface area contributed by atoms with Gasteiger partial charge in [-0.25, -0.2) is 9.69 Å². The lowest BCUT2D eigenvalue weighted by Crippen LogP contribution is -2.56. The van der Waals surface area contributed by atoms with Crippen molar-refractivity contribution in [2.24, 2.45) is 11.8 Å². The van der Waals surface area contributed by atoms with E-state index in [-0.39, 0.29) is 35.5 Å². The first-order chi connectivity index (χ1) is 35.4. The van der Waals surface area contributed by atoms with Gasteiger partial charge < -0.3 is 35.1 Å². The molecule has 6 aromatic carbocycles. The van der Waals surface area contributed by atoms with Gasteiger partial charge in [0.1, 0.15) is 23.3 Å². The van der Waals surface area contributed by atoms with Crippen LogP contribution in [0.3, 0.4) is 0 Å². The van der Waals surface area contributed by atoms with Gasteiger partial charge >= 0.3 is 23.9 Å². The van der Waals surface area contributed by atoms with Crippen LogP contribution < -0.4 is 15.5 Å². The van der Waals surface area contributed by atoms with Crippen LogP contribution in [0.15, 0.2) is 164 Å². The molecule has 2 saturated heterocycles. The Balaban J connectivity index is 1.31. The molecule has 1 spiro atoms. The topological polar surface area (TPSA) is 201 Å². The number of aromatic hydroxyl groups is 1. The number of nitrogens with one attached hydrogen (secondary N) is 2. The number of nitrogens with zero attached hydrogens (tertiary/aromatic N) is 2. The number of carbonyl (C=O) groups is 6. The third-order valence-corrected chi connectivity index (χ3v) is 14.0. The minimum Gasteiger partial charge on any atom is -0.508 e. The van der Waals surface area contributed by atoms with E-state index in [9.17, 15) is 19.8 Å². The van der Waals surface area contributed by atoms with Crippen molar-refractivity contribution in [2.75, 3.05) is 25.7 Å². The summed E-state index contributed by atoms with van der Waals surface area (Å²) in [5.41, 5.74) is 1.26. The molecule has 8 atom stereocenters. The van der Waals surface area contributed by atoms with Gasteiger partial charge in [-0.1, -0.05) is 145 Å². The molecule has 2 fully saturated rings. The zero-order valence-electron chi connectivity index (χ0n) is 40.1. The molecular formula is C58H52N4O11. The SMILES string of the molecule is COC(=O)C(CC#Cc1ccc2c(c1)[C@]1(C(=O)N2C(=O)N[C@H](C)c2ccccc2)[C@H](C(=O)NC[C@H](O)c2ccccc2)[C@H]2C(=O)O[C@H](c3ccccc3)[C@H](c3ccccc3)N2[C@@H]1c1ccc(O)cc1)C(=O)OC. The first-order valence-corrected chi connectivity index (χ1v) is 23.8. The second-order valence-corrected chi connectivity index (χ2v) is 18.1. The monoisotopic (exact) mass is 980 g/mol. The number of hydrogen-bond donors (Lipinski definition) is 4. The molecule has 3 aliphatic rings. The Hall–Kier alpha value is -8.58. The fourth-order valence-electron chi connectivity index (χ4n) is 10.6. The van der Waals surface area contributed by atoms with Gasteiger partial charge in [0.2, 0.25) is 11.8 Å². The molecule has 15 heteroatoms. The van der Waals surface area contributed by atoms with E-state index in [2.05, 4.69) is 22.5 Å². The van der Waals surface area contributed by atoms with E-state index in [1.807, 2.05) is 95.9 Å². The molecule has 15 nitrogen and oxygen atoms in total. The van der Waals surface area contributed by atoms with Gasteiger partial charge in [-0.3, -0.25) is 28.9 Å². The number of aliphatic hydroxyl groups is 1. The van der Waals surface area contributed by atoms with Crippen molar-refractivity contribution < 1.29 is 53.2 Å². The van der Waals surface area contributed by atoms with Crippen molar-refractivity contribution in [1.29, 1.82) is 0 Å². The molecule has 4 N–H and O–H groups in total. The standard InChI is InChI=1S/C58H52N4O11/c1-35(37-18-8-4-9-19-37)60-57(70)61-45-32-27-36(17-16-26-43(53(66)71-2)54(67)72-3)33-44(45)58(56(61)69)47(52(65)59-34-46(64)38-20-10-5-11-21-38)49-55(68)73-50(40-24-14-7-15-25-40)48(39-22-12-6-13-23-39)62(49)51(58)41-28-30-42(63)31-29-41/h4-15,18-25,27-33,35,43,46-51,63-64H,26,34H2,1-3H3,(H,59,65)(H,60,70)/t35-,46+,47+,48+,49+,50-,51-,58+/m1/s1. The second kappa shape index (κ2) is 21.0. The van der Waals surface area contributed by atoms with Crippen LogP contribution in [0.4, 0.5) is 10.5 Å². The predicted molar refractivity (Wildman–Crippen MR) is 267 cm³/mol. The highest BCUT2D eigenvalue weighted by Gasteiger charge is 2.75. The number of anilines is 1. The highest BCUT2D eigenvalue weighted by molar-refractivity contribution is 6.24. The maximum Gasteiger partial charge on any atom is 0.329 e. The number of amides is 4. The largest absolute Gasteiger partial charge is 0.508 e. The van der Waals surface area contributed by atoms with Crippen LogP contribution in [0.5, 0.6) is 5.75 Å². The van der Waals surface area contributed by atoms with Crippen molar-refractivity contribution in [3.63, 3.8) is 0 Å². The van der Waals surface area contributed by atoms with Gasteiger partial charge in [-0.05, 0) is 70.6 Å². The van der Waals surface area contributed by atoms with Crippen LogP contribution in [0.2, 0.25) is 0 Å². The first kappa shape index (κ1) is 49.4. The minimum atomic E-state index is -2.19. The van der Waals surface area contributed by atoms with E-state index in [4.69, 9.17) is 14.2 Å². The van der Waals surface area contributed by atoms with Crippen molar-refractivity contribution in [1.82, 2.24) is 15.5 Å². The molecule has 3 aliphatic heterocycles. The maximum atomic E-state index is 16.6. The van der Waals surface area contributed by atoms with Gasteiger partial charge in [0.25, 0.3) is 0 Å². The number of morpholine rings is 1. The van der Waals surface area contributed by atoms with Crippen molar-refractivity contribution in [3.05, 3.63) is 203 Å². The molecule has 0 aromatic heterocycles. The molecular weight excluding hydrogens is 929 g/mol. The number of cyclic esters (lactones) is 1. The van der Waals surface area contributed by atoms with Crippen LogP contribution in [-0.4, -0.2) is 77.7 Å². The van der Waals surface area contributed by atoms with Gasteiger partial charge in [-0.2, -0.15) is 0 Å². The summed E-state index contributed by atoms with van der Waals surface area (Å²) in [5, 5.41) is 28.2. The lowest BCUT2D eigenvalue weighted by molar-refractivity contribution is -0.178. The number of benzene rings is 6. The van der Waals surface area contributed by atoms with E-state index in [1.165, 1.54) is 18.2 Å². The zero-order chi connectivity index (χ0) is 51.4. The summed E-state index contributed by atoms with van der Waals surface area (Å²) < 4.78 is 16.2. The van der Waals surface area contributed by atoms with Crippen LogP contribution in [0.25, 0.3) is 0 Å². The summed E-state index contributed by atoms with van der Waals surface area (Å²) in [4.78, 5) is 91.1.